The first-order valence-electron chi connectivity index (χ1n) is 9.82. The summed E-state index contributed by atoms with van der Waals surface area (Å²) in [6, 6.07) is 6.18. The molecule has 0 N–H and O–H groups in total. The van der Waals surface area contributed by atoms with Gasteiger partial charge >= 0.3 is 0 Å². The number of piperazine rings is 1. The maximum Gasteiger partial charge on any atom is 0.282 e. The Balaban J connectivity index is 1.81. The second-order valence-electron chi connectivity index (χ2n) is 7.19. The van der Waals surface area contributed by atoms with Crippen LogP contribution in [-0.2, 0) is 4.79 Å². The standard InChI is InChI=1S/C22H22FN5O3/c1-4-18(29)26-8-10-27(11-9-26)21-15-12-14(2)28(22(30)19(15)24-13-25-21)20-16(23)6-5-7-17(20)31-3/h4-7,12-13H,1,8-11H2,2-3H3. The van der Waals surface area contributed by atoms with Crippen molar-refractivity contribution < 1.29 is 13.9 Å². The summed E-state index contributed by atoms with van der Waals surface area (Å²) < 4.78 is 21.2. The molecule has 0 saturated carbocycles. The number of aryl methyl sites for hydroxylation is 1. The molecule has 1 fully saturated rings. The van der Waals surface area contributed by atoms with E-state index in [2.05, 4.69) is 16.5 Å². The minimum absolute atomic E-state index is 0.0473. The number of halogens is 1. The van der Waals surface area contributed by atoms with E-state index in [-0.39, 0.29) is 22.9 Å². The third kappa shape index (κ3) is 3.52. The Morgan fingerprint density at radius 3 is 2.65 bits per heavy atom. The van der Waals surface area contributed by atoms with Gasteiger partial charge in [-0.2, -0.15) is 0 Å². The summed E-state index contributed by atoms with van der Waals surface area (Å²) in [6.45, 7) is 7.44. The van der Waals surface area contributed by atoms with Crippen molar-refractivity contribution in [2.24, 2.45) is 0 Å². The van der Waals surface area contributed by atoms with Gasteiger partial charge in [-0.3, -0.25) is 14.2 Å². The number of fused-ring (bicyclic) bond motifs is 1. The van der Waals surface area contributed by atoms with E-state index in [0.29, 0.717) is 43.1 Å². The Labute approximate surface area is 178 Å². The van der Waals surface area contributed by atoms with Crippen LogP contribution in [0.2, 0.25) is 0 Å². The molecule has 1 aromatic carbocycles. The van der Waals surface area contributed by atoms with Crippen LogP contribution in [0, 0.1) is 12.7 Å². The first-order valence-corrected chi connectivity index (χ1v) is 9.82. The quantitative estimate of drug-likeness (QED) is 0.598. The molecule has 0 unspecified atom stereocenters. The normalized spacial score (nSPS) is 14.0. The minimum Gasteiger partial charge on any atom is -0.494 e. The van der Waals surface area contributed by atoms with E-state index < -0.39 is 11.4 Å². The van der Waals surface area contributed by atoms with Gasteiger partial charge < -0.3 is 14.5 Å². The highest BCUT2D eigenvalue weighted by Gasteiger charge is 2.24. The predicted molar refractivity (Wildman–Crippen MR) is 115 cm³/mol. The summed E-state index contributed by atoms with van der Waals surface area (Å²) in [5, 5.41) is 0.583. The summed E-state index contributed by atoms with van der Waals surface area (Å²) in [7, 11) is 1.43. The fourth-order valence-electron chi connectivity index (χ4n) is 3.90. The molecule has 9 heteroatoms. The van der Waals surface area contributed by atoms with Gasteiger partial charge in [0.1, 0.15) is 29.1 Å². The number of amides is 1. The Morgan fingerprint density at radius 1 is 1.23 bits per heavy atom. The van der Waals surface area contributed by atoms with Crippen LogP contribution in [0.4, 0.5) is 10.2 Å². The number of carbonyl (C=O) groups excluding carboxylic acids is 1. The lowest BCUT2D eigenvalue weighted by Gasteiger charge is -2.35. The molecule has 1 aliphatic heterocycles. The average Bonchev–Trinajstić information content (AvgIpc) is 2.79. The van der Waals surface area contributed by atoms with Crippen molar-refractivity contribution in [2.45, 2.75) is 6.92 Å². The van der Waals surface area contributed by atoms with E-state index >= 15 is 0 Å². The Hall–Kier alpha value is -3.75. The van der Waals surface area contributed by atoms with Crippen molar-refractivity contribution in [3.63, 3.8) is 0 Å². The molecule has 8 nitrogen and oxygen atoms in total. The summed E-state index contributed by atoms with van der Waals surface area (Å²) in [6.07, 6.45) is 2.64. The van der Waals surface area contributed by atoms with Crippen LogP contribution < -0.4 is 15.2 Å². The van der Waals surface area contributed by atoms with E-state index in [1.807, 2.05) is 4.90 Å². The molecule has 160 valence electrons. The molecular formula is C22H22FN5O3. The zero-order chi connectivity index (χ0) is 22.1. The number of nitrogens with zero attached hydrogens (tertiary/aromatic N) is 5. The average molecular weight is 423 g/mol. The number of anilines is 1. The molecule has 0 atom stereocenters. The third-order valence-corrected chi connectivity index (χ3v) is 5.43. The lowest BCUT2D eigenvalue weighted by atomic mass is 10.2. The fraction of sp³-hybridized carbons (Fsp3) is 0.273. The van der Waals surface area contributed by atoms with Crippen LogP contribution in [0.25, 0.3) is 16.6 Å². The SMILES string of the molecule is C=CC(=O)N1CCN(c2ncnc3c(=O)n(-c4c(F)cccc4OC)c(C)cc23)CC1. The van der Waals surface area contributed by atoms with Crippen molar-refractivity contribution in [2.75, 3.05) is 38.2 Å². The van der Waals surface area contributed by atoms with Gasteiger partial charge in [-0.25, -0.2) is 14.4 Å². The molecule has 1 saturated heterocycles. The molecule has 0 radical (unpaired) electrons. The van der Waals surface area contributed by atoms with E-state index in [0.717, 1.165) is 0 Å². The number of rotatable bonds is 4. The van der Waals surface area contributed by atoms with Gasteiger partial charge in [0.05, 0.1) is 12.5 Å². The Morgan fingerprint density at radius 2 is 1.97 bits per heavy atom. The van der Waals surface area contributed by atoms with Crippen molar-refractivity contribution >= 4 is 22.6 Å². The largest absolute Gasteiger partial charge is 0.494 e. The number of carbonyl (C=O) groups is 1. The smallest absolute Gasteiger partial charge is 0.282 e. The number of hydrogen-bond acceptors (Lipinski definition) is 6. The van der Waals surface area contributed by atoms with Crippen LogP contribution in [-0.4, -0.2) is 58.6 Å². The third-order valence-electron chi connectivity index (χ3n) is 5.43. The number of hydrogen-bond donors (Lipinski definition) is 0. The molecule has 3 heterocycles. The highest BCUT2D eigenvalue weighted by Crippen LogP contribution is 2.28. The van der Waals surface area contributed by atoms with E-state index in [9.17, 15) is 14.0 Å². The molecule has 0 bridgehead atoms. The molecule has 3 aromatic rings. The van der Waals surface area contributed by atoms with Gasteiger partial charge in [-0.1, -0.05) is 12.6 Å². The van der Waals surface area contributed by atoms with Crippen molar-refractivity contribution in [3.8, 4) is 11.4 Å². The van der Waals surface area contributed by atoms with Crippen molar-refractivity contribution in [3.05, 3.63) is 65.1 Å². The topological polar surface area (TPSA) is 80.6 Å². The Kier molecular flexibility index (Phi) is 5.41. The number of benzene rings is 1. The molecule has 1 amide bonds. The Bertz CT molecular complexity index is 1230. The van der Waals surface area contributed by atoms with Crippen LogP contribution in [0.5, 0.6) is 5.75 Å². The summed E-state index contributed by atoms with van der Waals surface area (Å²) in [5.74, 6) is 0.191. The predicted octanol–water partition coefficient (Wildman–Crippen LogP) is 2.07. The molecule has 0 aliphatic carbocycles. The highest BCUT2D eigenvalue weighted by atomic mass is 19.1. The molecule has 4 rings (SSSR count). The lowest BCUT2D eigenvalue weighted by Crippen LogP contribution is -2.48. The van der Waals surface area contributed by atoms with Crippen LogP contribution in [0.15, 0.2) is 48.0 Å². The van der Waals surface area contributed by atoms with Gasteiger partial charge in [0.15, 0.2) is 5.82 Å². The maximum absolute atomic E-state index is 14.7. The fourth-order valence-corrected chi connectivity index (χ4v) is 3.90. The van der Waals surface area contributed by atoms with Gasteiger partial charge in [-0.15, -0.1) is 0 Å². The second kappa shape index (κ2) is 8.17. The zero-order valence-electron chi connectivity index (χ0n) is 17.3. The van der Waals surface area contributed by atoms with E-state index in [1.54, 1.807) is 24.0 Å². The van der Waals surface area contributed by atoms with Crippen LogP contribution in [0.3, 0.4) is 0 Å². The number of aromatic nitrogens is 3. The van der Waals surface area contributed by atoms with Gasteiger partial charge in [0, 0.05) is 31.9 Å². The molecular weight excluding hydrogens is 401 g/mol. The van der Waals surface area contributed by atoms with Crippen molar-refractivity contribution in [1.29, 1.82) is 0 Å². The lowest BCUT2D eigenvalue weighted by molar-refractivity contribution is -0.126. The van der Waals surface area contributed by atoms with Gasteiger partial charge in [0.25, 0.3) is 5.56 Å². The van der Waals surface area contributed by atoms with Gasteiger partial charge in [-0.05, 0) is 31.2 Å². The van der Waals surface area contributed by atoms with Crippen LogP contribution >= 0.6 is 0 Å². The molecule has 0 spiro atoms. The summed E-state index contributed by atoms with van der Waals surface area (Å²) >= 11 is 0. The minimum atomic E-state index is -0.568. The maximum atomic E-state index is 14.7. The first kappa shape index (κ1) is 20.5. The number of pyridine rings is 1. The number of ether oxygens (including phenoxy) is 1. The van der Waals surface area contributed by atoms with Crippen molar-refractivity contribution in [1.82, 2.24) is 19.4 Å². The van der Waals surface area contributed by atoms with Gasteiger partial charge in [0.2, 0.25) is 5.91 Å². The van der Waals surface area contributed by atoms with Crippen LogP contribution in [0.1, 0.15) is 5.69 Å². The summed E-state index contributed by atoms with van der Waals surface area (Å²) in [5.41, 5.74) is 0.302. The second-order valence-corrected chi connectivity index (χ2v) is 7.19. The molecule has 2 aromatic heterocycles. The number of para-hydroxylation sites is 1. The van der Waals surface area contributed by atoms with E-state index in [1.165, 1.54) is 36.2 Å². The highest BCUT2D eigenvalue weighted by molar-refractivity contribution is 5.90. The molecule has 1 aliphatic rings. The summed E-state index contributed by atoms with van der Waals surface area (Å²) in [4.78, 5) is 37.5. The monoisotopic (exact) mass is 423 g/mol. The van der Waals surface area contributed by atoms with E-state index in [4.69, 9.17) is 4.74 Å². The first-order chi connectivity index (χ1) is 15.0. The molecule has 31 heavy (non-hydrogen) atoms. The zero-order valence-corrected chi connectivity index (χ0v) is 17.3. The number of methoxy groups -OCH3 is 1.